The van der Waals surface area contributed by atoms with Gasteiger partial charge in [-0.25, -0.2) is 9.59 Å². The number of hydrogen-bond donors (Lipinski definition) is 3. The molecule has 1 aromatic rings. The smallest absolute Gasteiger partial charge is 0.335 e. The van der Waals surface area contributed by atoms with Gasteiger partial charge in [-0.05, 0) is 31.4 Å². The van der Waals surface area contributed by atoms with Crippen LogP contribution in [0.4, 0.5) is 4.79 Å². The second-order valence-corrected chi connectivity index (χ2v) is 4.25. The number of allylic oxidation sites excluding steroid dienone is 1. The zero-order valence-electron chi connectivity index (χ0n) is 11.6. The second-order valence-electron chi connectivity index (χ2n) is 4.25. The number of aromatic carboxylic acids is 1. The van der Waals surface area contributed by atoms with E-state index in [1.807, 2.05) is 19.1 Å². The quantitative estimate of drug-likeness (QED) is 0.527. The molecule has 0 aromatic heterocycles. The van der Waals surface area contributed by atoms with Gasteiger partial charge in [-0.1, -0.05) is 30.4 Å². The Kier molecular flexibility index (Phi) is 6.89. The van der Waals surface area contributed by atoms with Crippen molar-refractivity contribution in [2.45, 2.75) is 19.8 Å². The topological polar surface area (TPSA) is 78.4 Å². The molecule has 108 valence electrons. The van der Waals surface area contributed by atoms with E-state index in [-0.39, 0.29) is 11.6 Å². The number of carbonyl (C=O) groups is 2. The van der Waals surface area contributed by atoms with Crippen molar-refractivity contribution in [1.82, 2.24) is 10.6 Å². The third-order valence-corrected chi connectivity index (χ3v) is 2.76. The summed E-state index contributed by atoms with van der Waals surface area (Å²) in [5, 5.41) is 14.5. The van der Waals surface area contributed by atoms with Crippen LogP contribution in [0.1, 0.15) is 29.3 Å². The molecular weight excluding hydrogens is 256 g/mol. The van der Waals surface area contributed by atoms with Crippen molar-refractivity contribution < 1.29 is 14.7 Å². The molecule has 0 fully saturated rings. The highest BCUT2D eigenvalue weighted by atomic mass is 16.4. The molecular formula is C15H20N2O3. The van der Waals surface area contributed by atoms with Crippen molar-refractivity contribution in [1.29, 1.82) is 0 Å². The van der Waals surface area contributed by atoms with E-state index < -0.39 is 5.97 Å². The summed E-state index contributed by atoms with van der Waals surface area (Å²) in [5.74, 6) is -0.948. The van der Waals surface area contributed by atoms with Gasteiger partial charge in [0.15, 0.2) is 0 Å². The summed E-state index contributed by atoms with van der Waals surface area (Å²) < 4.78 is 0. The zero-order chi connectivity index (χ0) is 14.8. The minimum absolute atomic E-state index is 0.234. The van der Waals surface area contributed by atoms with E-state index >= 15 is 0 Å². The fourth-order valence-electron chi connectivity index (χ4n) is 1.76. The van der Waals surface area contributed by atoms with Crippen molar-refractivity contribution in [2.75, 3.05) is 13.1 Å². The Morgan fingerprint density at radius 3 is 2.60 bits per heavy atom. The molecule has 0 heterocycles. The van der Waals surface area contributed by atoms with E-state index in [1.54, 1.807) is 24.3 Å². The summed E-state index contributed by atoms with van der Waals surface area (Å²) >= 11 is 0. The summed E-state index contributed by atoms with van der Waals surface area (Å²) in [7, 11) is 0. The van der Waals surface area contributed by atoms with Gasteiger partial charge >= 0.3 is 12.0 Å². The van der Waals surface area contributed by atoms with Crippen LogP contribution in [0.15, 0.2) is 36.4 Å². The maximum Gasteiger partial charge on any atom is 0.335 e. The lowest BCUT2D eigenvalue weighted by atomic mass is 10.0. The highest BCUT2D eigenvalue weighted by Crippen LogP contribution is 2.08. The number of nitrogens with one attached hydrogen (secondary N) is 2. The molecule has 5 nitrogen and oxygen atoms in total. The average Bonchev–Trinajstić information content (AvgIpc) is 2.44. The van der Waals surface area contributed by atoms with E-state index in [2.05, 4.69) is 10.6 Å². The highest BCUT2D eigenvalue weighted by molar-refractivity contribution is 5.89. The number of carboxylic acid groups (broad SMARTS) is 1. The van der Waals surface area contributed by atoms with Crippen LogP contribution in [0.2, 0.25) is 0 Å². The van der Waals surface area contributed by atoms with Crippen LogP contribution < -0.4 is 10.6 Å². The molecule has 0 atom stereocenters. The summed E-state index contributed by atoms with van der Waals surface area (Å²) in [6.07, 6.45) is 5.20. The van der Waals surface area contributed by atoms with Gasteiger partial charge in [-0.15, -0.1) is 0 Å². The summed E-state index contributed by atoms with van der Waals surface area (Å²) in [6.45, 7) is 2.92. The van der Waals surface area contributed by atoms with Crippen LogP contribution in [0, 0.1) is 0 Å². The lowest BCUT2D eigenvalue weighted by molar-refractivity contribution is 0.0695. The molecule has 0 saturated heterocycles. The van der Waals surface area contributed by atoms with Crippen LogP contribution >= 0.6 is 0 Å². The Labute approximate surface area is 118 Å². The number of urea groups is 1. The predicted octanol–water partition coefficient (Wildman–Crippen LogP) is 2.19. The number of hydrogen-bond acceptors (Lipinski definition) is 2. The van der Waals surface area contributed by atoms with E-state index in [0.717, 1.165) is 6.42 Å². The van der Waals surface area contributed by atoms with Gasteiger partial charge < -0.3 is 15.7 Å². The molecule has 0 radical (unpaired) electrons. The Bertz CT molecular complexity index is 484. The standard InChI is InChI=1S/C15H20N2O3/c1-2-3-6-10-16-15(20)17-11-9-12-7-4-5-8-13(12)14(18)19/h2-5,7-8H,6,9-11H2,1H3,(H,18,19)(H2,16,17,20)/b3-2+. The number of amides is 2. The molecule has 2 amide bonds. The maximum atomic E-state index is 11.5. The first-order valence-corrected chi connectivity index (χ1v) is 6.59. The zero-order valence-corrected chi connectivity index (χ0v) is 11.6. The SMILES string of the molecule is C/C=C/CCNC(=O)NCCc1ccccc1C(=O)O. The molecule has 0 unspecified atom stereocenters. The Balaban J connectivity index is 2.34. The number of carboxylic acids is 1. The van der Waals surface area contributed by atoms with Crippen LogP contribution in [0.5, 0.6) is 0 Å². The van der Waals surface area contributed by atoms with Gasteiger partial charge in [0.2, 0.25) is 0 Å². The average molecular weight is 276 g/mol. The minimum Gasteiger partial charge on any atom is -0.478 e. The van der Waals surface area contributed by atoms with Crippen LogP contribution in [0.3, 0.4) is 0 Å². The van der Waals surface area contributed by atoms with Crippen molar-refractivity contribution in [3.05, 3.63) is 47.5 Å². The summed E-state index contributed by atoms with van der Waals surface area (Å²) in [5.41, 5.74) is 0.997. The lowest BCUT2D eigenvalue weighted by Gasteiger charge is -2.08. The van der Waals surface area contributed by atoms with Gasteiger partial charge in [0.1, 0.15) is 0 Å². The highest BCUT2D eigenvalue weighted by Gasteiger charge is 2.08. The van der Waals surface area contributed by atoms with Crippen molar-refractivity contribution in [3.63, 3.8) is 0 Å². The largest absolute Gasteiger partial charge is 0.478 e. The minimum atomic E-state index is -0.948. The monoisotopic (exact) mass is 276 g/mol. The van der Waals surface area contributed by atoms with Crippen LogP contribution in [0.25, 0.3) is 0 Å². The maximum absolute atomic E-state index is 11.5. The molecule has 0 aliphatic rings. The molecule has 1 rings (SSSR count). The molecule has 0 aliphatic carbocycles. The normalized spacial score (nSPS) is 10.4. The number of benzene rings is 1. The first kappa shape index (κ1) is 15.8. The van der Waals surface area contributed by atoms with Crippen LogP contribution in [-0.2, 0) is 6.42 Å². The summed E-state index contributed by atoms with van der Waals surface area (Å²) in [4.78, 5) is 22.5. The first-order chi connectivity index (χ1) is 9.65. The van der Waals surface area contributed by atoms with Gasteiger partial charge in [-0.2, -0.15) is 0 Å². The van der Waals surface area contributed by atoms with Crippen LogP contribution in [-0.4, -0.2) is 30.2 Å². The van der Waals surface area contributed by atoms with Crippen molar-refractivity contribution in [2.24, 2.45) is 0 Å². The lowest BCUT2D eigenvalue weighted by Crippen LogP contribution is -2.37. The number of carbonyl (C=O) groups excluding carboxylic acids is 1. The fraction of sp³-hybridized carbons (Fsp3) is 0.333. The molecule has 5 heteroatoms. The predicted molar refractivity (Wildman–Crippen MR) is 77.9 cm³/mol. The number of rotatable bonds is 7. The molecule has 0 aliphatic heterocycles. The molecule has 20 heavy (non-hydrogen) atoms. The Morgan fingerprint density at radius 2 is 1.90 bits per heavy atom. The third kappa shape index (κ3) is 5.56. The van der Waals surface area contributed by atoms with E-state index in [4.69, 9.17) is 5.11 Å². The molecule has 1 aromatic carbocycles. The van der Waals surface area contributed by atoms with Gasteiger partial charge in [0.05, 0.1) is 5.56 Å². The molecule has 0 saturated carbocycles. The van der Waals surface area contributed by atoms with E-state index in [9.17, 15) is 9.59 Å². The second kappa shape index (κ2) is 8.74. The van der Waals surface area contributed by atoms with Crippen molar-refractivity contribution in [3.8, 4) is 0 Å². The van der Waals surface area contributed by atoms with Gasteiger partial charge in [0.25, 0.3) is 0 Å². The van der Waals surface area contributed by atoms with Gasteiger partial charge in [-0.3, -0.25) is 0 Å². The fourth-order valence-corrected chi connectivity index (χ4v) is 1.76. The third-order valence-electron chi connectivity index (χ3n) is 2.76. The van der Waals surface area contributed by atoms with E-state index in [1.165, 1.54) is 0 Å². The first-order valence-electron chi connectivity index (χ1n) is 6.59. The van der Waals surface area contributed by atoms with Crippen molar-refractivity contribution >= 4 is 12.0 Å². The van der Waals surface area contributed by atoms with Gasteiger partial charge in [0, 0.05) is 13.1 Å². The summed E-state index contributed by atoms with van der Waals surface area (Å²) in [6, 6.07) is 6.57. The Hall–Kier alpha value is -2.30. The molecule has 0 bridgehead atoms. The Morgan fingerprint density at radius 1 is 1.20 bits per heavy atom. The molecule has 0 spiro atoms. The molecule has 3 N–H and O–H groups in total. The van der Waals surface area contributed by atoms with E-state index in [0.29, 0.717) is 25.1 Å².